The average molecular weight is 507 g/mol. The zero-order valence-electron chi connectivity index (χ0n) is 20.6. The lowest BCUT2D eigenvalue weighted by molar-refractivity contribution is -0.149. The molecule has 2 aromatic carbocycles. The highest BCUT2D eigenvalue weighted by atomic mass is 79.9. The summed E-state index contributed by atoms with van der Waals surface area (Å²) in [6.07, 6.45) is 13.5. The van der Waals surface area contributed by atoms with Gasteiger partial charge < -0.3 is 10.5 Å². The lowest BCUT2D eigenvalue weighted by Gasteiger charge is -2.39. The van der Waals surface area contributed by atoms with Gasteiger partial charge in [-0.1, -0.05) is 101 Å². The van der Waals surface area contributed by atoms with E-state index < -0.39 is 11.0 Å². The lowest BCUT2D eigenvalue weighted by Crippen LogP contribution is -2.55. The largest absolute Gasteiger partial charge is 0.426 e. The van der Waals surface area contributed by atoms with Crippen LogP contribution in [0, 0.1) is 5.41 Å². The van der Waals surface area contributed by atoms with E-state index in [2.05, 4.69) is 13.0 Å². The van der Waals surface area contributed by atoms with Gasteiger partial charge in [-0.15, -0.1) is 17.0 Å². The molecule has 2 aromatic rings. The van der Waals surface area contributed by atoms with Gasteiger partial charge in [0.15, 0.2) is 0 Å². The summed E-state index contributed by atoms with van der Waals surface area (Å²) in [7, 11) is 0. The first kappa shape index (κ1) is 28.6. The molecule has 4 heteroatoms. The van der Waals surface area contributed by atoms with Crippen molar-refractivity contribution in [2.75, 3.05) is 0 Å². The molecule has 32 heavy (non-hydrogen) atoms. The summed E-state index contributed by atoms with van der Waals surface area (Å²) in [6, 6.07) is 13.9. The van der Waals surface area contributed by atoms with E-state index in [0.29, 0.717) is 5.75 Å². The van der Waals surface area contributed by atoms with E-state index in [9.17, 15) is 4.79 Å². The number of halogens is 1. The van der Waals surface area contributed by atoms with Gasteiger partial charge in [-0.25, -0.2) is 0 Å². The number of fused-ring (bicyclic) bond motifs is 1. The van der Waals surface area contributed by atoms with Crippen molar-refractivity contribution in [1.29, 1.82) is 0 Å². The van der Waals surface area contributed by atoms with Crippen molar-refractivity contribution in [1.82, 2.24) is 0 Å². The first-order chi connectivity index (χ1) is 14.8. The van der Waals surface area contributed by atoms with E-state index in [-0.39, 0.29) is 23.0 Å². The van der Waals surface area contributed by atoms with Crippen LogP contribution >= 0.6 is 17.0 Å². The van der Waals surface area contributed by atoms with Crippen molar-refractivity contribution in [2.45, 2.75) is 104 Å². The Labute approximate surface area is 206 Å². The lowest BCUT2D eigenvalue weighted by atomic mass is 9.70. The Morgan fingerprint density at radius 2 is 1.34 bits per heavy atom. The van der Waals surface area contributed by atoms with Gasteiger partial charge in [-0.05, 0) is 50.1 Å². The summed E-state index contributed by atoms with van der Waals surface area (Å²) in [5.41, 5.74) is 5.10. The molecule has 0 fully saturated rings. The van der Waals surface area contributed by atoms with Gasteiger partial charge in [0.2, 0.25) is 0 Å². The fraction of sp³-hybridized carbons (Fsp3) is 0.607. The number of benzene rings is 2. The number of unbranched alkanes of at least 4 members (excludes halogenated alkanes) is 9. The molecule has 0 aliphatic carbocycles. The smallest absolute Gasteiger partial charge is 0.319 e. The molecule has 0 saturated heterocycles. The minimum atomic E-state index is -0.723. The monoisotopic (exact) mass is 505 g/mol. The molecular formula is C28H44BrNO2. The predicted octanol–water partition coefficient (Wildman–Crippen LogP) is 8.38. The fourth-order valence-corrected chi connectivity index (χ4v) is 4.10. The van der Waals surface area contributed by atoms with Crippen LogP contribution in [0.5, 0.6) is 5.75 Å². The fourth-order valence-electron chi connectivity index (χ4n) is 4.10. The standard InChI is InChI=1S/C28H43NO2.BrH/c1-5-6-7-8-9-10-11-12-13-16-21-28(4,27(2,3)29)26(30)31-25-20-19-23-17-14-15-18-24(23)22-25;/h14-15,17-20,22H,5-13,16,21,29H2,1-4H3;1H. The van der Waals surface area contributed by atoms with Gasteiger partial charge in [0.25, 0.3) is 0 Å². The quantitative estimate of drug-likeness (QED) is 0.159. The zero-order chi connectivity index (χ0) is 22.7. The van der Waals surface area contributed by atoms with E-state index >= 15 is 0 Å². The second-order valence-electron chi connectivity index (χ2n) is 9.88. The number of carbonyl (C=O) groups excluding carboxylic acids is 1. The molecule has 0 aliphatic rings. The van der Waals surface area contributed by atoms with Crippen LogP contribution < -0.4 is 10.5 Å². The highest BCUT2D eigenvalue weighted by molar-refractivity contribution is 8.93. The molecule has 2 N–H and O–H groups in total. The van der Waals surface area contributed by atoms with Crippen molar-refractivity contribution >= 4 is 33.7 Å². The van der Waals surface area contributed by atoms with Crippen molar-refractivity contribution in [3.63, 3.8) is 0 Å². The van der Waals surface area contributed by atoms with Gasteiger partial charge in [0.05, 0.1) is 5.41 Å². The van der Waals surface area contributed by atoms with Crippen LogP contribution in [0.4, 0.5) is 0 Å². The number of carbonyl (C=O) groups is 1. The number of rotatable bonds is 14. The second kappa shape index (κ2) is 14.0. The second-order valence-corrected chi connectivity index (χ2v) is 9.88. The molecule has 180 valence electrons. The SMILES string of the molecule is Br.CCCCCCCCCCCCC(C)(C(=O)Oc1ccc2ccccc2c1)C(C)(C)N. The highest BCUT2D eigenvalue weighted by Crippen LogP contribution is 2.37. The summed E-state index contributed by atoms with van der Waals surface area (Å²) < 4.78 is 5.84. The average Bonchev–Trinajstić information content (AvgIpc) is 2.74. The van der Waals surface area contributed by atoms with Crippen molar-refractivity contribution in [3.05, 3.63) is 42.5 Å². The van der Waals surface area contributed by atoms with Gasteiger partial charge in [-0.3, -0.25) is 4.79 Å². The van der Waals surface area contributed by atoms with Gasteiger partial charge in [0.1, 0.15) is 5.75 Å². The molecule has 0 radical (unpaired) electrons. The molecule has 3 nitrogen and oxygen atoms in total. The number of hydrogen-bond donors (Lipinski definition) is 1. The molecule has 2 rings (SSSR count). The number of nitrogens with two attached hydrogens (primary N) is 1. The Bertz CT molecular complexity index is 814. The summed E-state index contributed by atoms with van der Waals surface area (Å²) in [5.74, 6) is 0.355. The normalized spacial score (nSPS) is 13.4. The zero-order valence-corrected chi connectivity index (χ0v) is 22.3. The van der Waals surface area contributed by atoms with E-state index in [4.69, 9.17) is 10.5 Å². The maximum atomic E-state index is 13.2. The Kier molecular flexibility index (Phi) is 12.5. The summed E-state index contributed by atoms with van der Waals surface area (Å²) in [5, 5.41) is 2.20. The molecule has 0 amide bonds. The minimum Gasteiger partial charge on any atom is -0.426 e. The van der Waals surface area contributed by atoms with Crippen molar-refractivity contribution in [3.8, 4) is 5.75 Å². The minimum absolute atomic E-state index is 0. The predicted molar refractivity (Wildman–Crippen MR) is 143 cm³/mol. The molecule has 0 aliphatic heterocycles. The topological polar surface area (TPSA) is 52.3 Å². The summed E-state index contributed by atoms with van der Waals surface area (Å²) >= 11 is 0. The maximum Gasteiger partial charge on any atom is 0.319 e. The third kappa shape index (κ3) is 8.51. The molecule has 0 saturated carbocycles. The number of esters is 1. The first-order valence-electron chi connectivity index (χ1n) is 12.3. The van der Waals surface area contributed by atoms with E-state index in [1.165, 1.54) is 51.4 Å². The van der Waals surface area contributed by atoms with Crippen LogP contribution in [0.3, 0.4) is 0 Å². The Morgan fingerprint density at radius 3 is 1.91 bits per heavy atom. The number of hydrogen-bond acceptors (Lipinski definition) is 3. The van der Waals surface area contributed by atoms with Crippen LogP contribution in [0.15, 0.2) is 42.5 Å². The molecule has 1 unspecified atom stereocenters. The third-order valence-corrected chi connectivity index (χ3v) is 6.83. The van der Waals surface area contributed by atoms with Crippen LogP contribution in [0.25, 0.3) is 10.8 Å². The Balaban J connectivity index is 0.00000512. The van der Waals surface area contributed by atoms with Crippen molar-refractivity contribution in [2.24, 2.45) is 11.1 Å². The number of ether oxygens (including phenoxy) is 1. The van der Waals surface area contributed by atoms with Crippen molar-refractivity contribution < 1.29 is 9.53 Å². The van der Waals surface area contributed by atoms with Crippen LogP contribution in [-0.2, 0) is 4.79 Å². The molecule has 0 heterocycles. The molecular weight excluding hydrogens is 462 g/mol. The van der Waals surface area contributed by atoms with Gasteiger partial charge in [0, 0.05) is 5.54 Å². The van der Waals surface area contributed by atoms with Crippen LogP contribution in [0.2, 0.25) is 0 Å². The van der Waals surface area contributed by atoms with Gasteiger partial charge in [-0.2, -0.15) is 0 Å². The van der Waals surface area contributed by atoms with Crippen LogP contribution in [-0.4, -0.2) is 11.5 Å². The van der Waals surface area contributed by atoms with E-state index in [1.807, 2.05) is 57.2 Å². The molecule has 0 bridgehead atoms. The first-order valence-corrected chi connectivity index (χ1v) is 12.3. The molecule has 0 spiro atoms. The maximum absolute atomic E-state index is 13.2. The van der Waals surface area contributed by atoms with Gasteiger partial charge >= 0.3 is 5.97 Å². The highest BCUT2D eigenvalue weighted by Gasteiger charge is 2.46. The molecule has 1 atom stereocenters. The van der Waals surface area contributed by atoms with E-state index in [1.54, 1.807) is 0 Å². The Hall–Kier alpha value is -1.39. The Morgan fingerprint density at radius 1 is 0.812 bits per heavy atom. The molecule has 0 aromatic heterocycles. The van der Waals surface area contributed by atoms with E-state index in [0.717, 1.165) is 30.0 Å². The summed E-state index contributed by atoms with van der Waals surface area (Å²) in [4.78, 5) is 13.2. The van der Waals surface area contributed by atoms with Crippen LogP contribution in [0.1, 0.15) is 98.3 Å². The third-order valence-electron chi connectivity index (χ3n) is 6.83. The summed E-state index contributed by atoms with van der Waals surface area (Å²) in [6.45, 7) is 8.09.